The van der Waals surface area contributed by atoms with E-state index in [1.165, 1.54) is 12.1 Å². The number of rotatable bonds is 3. The fourth-order valence-electron chi connectivity index (χ4n) is 4.02. The van der Waals surface area contributed by atoms with Crippen molar-refractivity contribution >= 4 is 33.0 Å². The zero-order valence-corrected chi connectivity index (χ0v) is 16.9. The lowest BCUT2D eigenvalue weighted by Gasteiger charge is -2.43. The highest BCUT2D eigenvalue weighted by Gasteiger charge is 2.49. The highest BCUT2D eigenvalue weighted by molar-refractivity contribution is 7.91. The van der Waals surface area contributed by atoms with Crippen LogP contribution in [0.15, 0.2) is 42.5 Å². The second kappa shape index (κ2) is 7.13. The van der Waals surface area contributed by atoms with Crippen LogP contribution in [0.3, 0.4) is 0 Å². The van der Waals surface area contributed by atoms with Crippen molar-refractivity contribution in [3.8, 4) is 0 Å². The molecule has 2 aromatic rings. The van der Waals surface area contributed by atoms with Crippen LogP contribution < -0.4 is 4.90 Å². The predicted molar refractivity (Wildman–Crippen MR) is 107 cm³/mol. The van der Waals surface area contributed by atoms with E-state index in [1.807, 2.05) is 17.9 Å². The maximum absolute atomic E-state index is 13.2. The van der Waals surface area contributed by atoms with Gasteiger partial charge in [-0.1, -0.05) is 29.8 Å². The summed E-state index contributed by atoms with van der Waals surface area (Å²) in [7, 11) is -3.27. The normalized spacial score (nSPS) is 24.4. The van der Waals surface area contributed by atoms with Crippen molar-refractivity contribution < 1.29 is 17.6 Å². The number of aryl methyl sites for hydroxylation is 1. The van der Waals surface area contributed by atoms with Gasteiger partial charge in [0.2, 0.25) is 5.91 Å². The molecule has 2 saturated heterocycles. The molecule has 148 valence electrons. The van der Waals surface area contributed by atoms with Crippen molar-refractivity contribution in [1.82, 2.24) is 4.90 Å². The molecule has 0 saturated carbocycles. The van der Waals surface area contributed by atoms with Gasteiger partial charge in [0.25, 0.3) is 0 Å². The molecule has 0 bridgehead atoms. The van der Waals surface area contributed by atoms with Crippen molar-refractivity contribution in [2.45, 2.75) is 25.6 Å². The molecule has 0 unspecified atom stereocenters. The average molecular weight is 423 g/mol. The van der Waals surface area contributed by atoms with Crippen molar-refractivity contribution in [3.63, 3.8) is 0 Å². The Labute approximate surface area is 168 Å². The Morgan fingerprint density at radius 2 is 1.79 bits per heavy atom. The number of hydrogen-bond donors (Lipinski definition) is 0. The number of amides is 1. The van der Waals surface area contributed by atoms with E-state index in [1.54, 1.807) is 29.2 Å². The van der Waals surface area contributed by atoms with E-state index in [0.29, 0.717) is 17.3 Å². The van der Waals surface area contributed by atoms with Gasteiger partial charge in [-0.2, -0.15) is 0 Å². The van der Waals surface area contributed by atoms with E-state index < -0.39 is 15.9 Å². The summed E-state index contributed by atoms with van der Waals surface area (Å²) in [6, 6.07) is 10.6. The van der Waals surface area contributed by atoms with Crippen molar-refractivity contribution in [3.05, 3.63) is 64.4 Å². The molecule has 0 aliphatic carbocycles. The third kappa shape index (κ3) is 3.66. The van der Waals surface area contributed by atoms with Crippen molar-refractivity contribution in [2.75, 3.05) is 23.0 Å². The number of carbonyl (C=O) groups excluding carboxylic acids is 1. The first-order valence-corrected chi connectivity index (χ1v) is 11.2. The van der Waals surface area contributed by atoms with E-state index >= 15 is 0 Å². The van der Waals surface area contributed by atoms with Gasteiger partial charge in [0.1, 0.15) is 5.82 Å². The van der Waals surface area contributed by atoms with Crippen LogP contribution in [0, 0.1) is 12.7 Å². The van der Waals surface area contributed by atoms with E-state index in [4.69, 9.17) is 11.6 Å². The summed E-state index contributed by atoms with van der Waals surface area (Å²) in [5, 5.41) is 0.538. The Hall–Kier alpha value is -1.96. The molecule has 0 spiro atoms. The molecule has 2 fully saturated rings. The first-order chi connectivity index (χ1) is 13.2. The van der Waals surface area contributed by atoms with Gasteiger partial charge in [-0.25, -0.2) is 12.8 Å². The molecule has 0 N–H and O–H groups in total. The Kier molecular flexibility index (Phi) is 4.93. The van der Waals surface area contributed by atoms with Crippen LogP contribution in [0.1, 0.15) is 11.1 Å². The minimum atomic E-state index is -3.27. The number of piperazine rings is 1. The Morgan fingerprint density at radius 3 is 2.46 bits per heavy atom. The molecular formula is C20H20ClFN2O3S. The van der Waals surface area contributed by atoms with Crippen LogP contribution in [0.4, 0.5) is 10.1 Å². The third-order valence-corrected chi connectivity index (χ3v) is 7.54. The Balaban J connectivity index is 1.67. The number of benzene rings is 2. The van der Waals surface area contributed by atoms with Crippen LogP contribution in [-0.4, -0.2) is 49.4 Å². The van der Waals surface area contributed by atoms with Gasteiger partial charge in [-0.05, 0) is 42.3 Å². The van der Waals surface area contributed by atoms with Crippen molar-refractivity contribution in [2.24, 2.45) is 0 Å². The lowest BCUT2D eigenvalue weighted by molar-refractivity contribution is -0.123. The monoisotopic (exact) mass is 422 g/mol. The standard InChI is InChI=1S/C20H20ClFN2O3S/c1-13-2-7-16(8-17(13)21)24-19-12-28(26,27)11-18(19)23(10-20(24)25)9-14-3-5-15(22)6-4-14/h2-8,18-19H,9-12H2,1H3/t18-,19+/m0/s1. The molecule has 4 rings (SSSR count). The number of fused-ring (bicyclic) bond motifs is 1. The molecular weight excluding hydrogens is 403 g/mol. The molecule has 1 amide bonds. The van der Waals surface area contributed by atoms with E-state index in [0.717, 1.165) is 11.1 Å². The lowest BCUT2D eigenvalue weighted by atomic mass is 10.0. The van der Waals surface area contributed by atoms with Crippen LogP contribution in [0.5, 0.6) is 0 Å². The van der Waals surface area contributed by atoms with Crippen LogP contribution >= 0.6 is 11.6 Å². The van der Waals surface area contributed by atoms with Crippen molar-refractivity contribution in [1.29, 1.82) is 0 Å². The lowest BCUT2D eigenvalue weighted by Crippen LogP contribution is -2.61. The van der Waals surface area contributed by atoms with Gasteiger partial charge in [0.05, 0.1) is 24.1 Å². The summed E-state index contributed by atoms with van der Waals surface area (Å²) in [6.45, 7) is 2.36. The van der Waals surface area contributed by atoms with Gasteiger partial charge in [0.15, 0.2) is 9.84 Å². The number of carbonyl (C=O) groups is 1. The van der Waals surface area contributed by atoms with Gasteiger partial charge in [-0.3, -0.25) is 9.69 Å². The van der Waals surface area contributed by atoms with Crippen LogP contribution in [0.25, 0.3) is 0 Å². The number of nitrogens with zero attached hydrogens (tertiary/aromatic N) is 2. The Bertz CT molecular complexity index is 1030. The molecule has 2 atom stereocenters. The molecule has 5 nitrogen and oxygen atoms in total. The molecule has 0 radical (unpaired) electrons. The number of halogens is 2. The van der Waals surface area contributed by atoms with Gasteiger partial charge >= 0.3 is 0 Å². The molecule has 8 heteroatoms. The molecule has 2 aliphatic heterocycles. The second-order valence-electron chi connectivity index (χ2n) is 7.44. The van der Waals surface area contributed by atoms with Crippen LogP contribution in [0.2, 0.25) is 5.02 Å². The SMILES string of the molecule is Cc1ccc(N2C(=O)CN(Cc3ccc(F)cc3)[C@H]3CS(=O)(=O)C[C@H]32)cc1Cl. The van der Waals surface area contributed by atoms with Crippen LogP contribution in [-0.2, 0) is 21.2 Å². The zero-order chi connectivity index (χ0) is 20.1. The highest BCUT2D eigenvalue weighted by atomic mass is 35.5. The average Bonchev–Trinajstić information content (AvgIpc) is 2.95. The first kappa shape index (κ1) is 19.4. The fourth-order valence-corrected chi connectivity index (χ4v) is 6.18. The second-order valence-corrected chi connectivity index (χ2v) is 10.0. The van der Waals surface area contributed by atoms with Gasteiger partial charge in [-0.15, -0.1) is 0 Å². The molecule has 28 heavy (non-hydrogen) atoms. The summed E-state index contributed by atoms with van der Waals surface area (Å²) in [6.07, 6.45) is 0. The largest absolute Gasteiger partial charge is 0.306 e. The quantitative estimate of drug-likeness (QED) is 0.763. The molecule has 2 aromatic carbocycles. The predicted octanol–water partition coefficient (Wildman–Crippen LogP) is 2.80. The van der Waals surface area contributed by atoms with E-state index in [2.05, 4.69) is 0 Å². The summed E-state index contributed by atoms with van der Waals surface area (Å²) in [5.74, 6) is -0.570. The van der Waals surface area contributed by atoms with E-state index in [-0.39, 0.29) is 35.8 Å². The summed E-state index contributed by atoms with van der Waals surface area (Å²) in [4.78, 5) is 16.5. The van der Waals surface area contributed by atoms with E-state index in [9.17, 15) is 17.6 Å². The maximum Gasteiger partial charge on any atom is 0.241 e. The molecule has 2 heterocycles. The minimum Gasteiger partial charge on any atom is -0.306 e. The van der Waals surface area contributed by atoms with Gasteiger partial charge < -0.3 is 4.90 Å². The van der Waals surface area contributed by atoms with Gasteiger partial charge in [0, 0.05) is 23.3 Å². The zero-order valence-electron chi connectivity index (χ0n) is 15.3. The molecule has 2 aliphatic rings. The molecule has 0 aromatic heterocycles. The minimum absolute atomic E-state index is 0.00222. The third-order valence-electron chi connectivity index (χ3n) is 5.43. The topological polar surface area (TPSA) is 57.7 Å². The number of hydrogen-bond acceptors (Lipinski definition) is 4. The summed E-state index contributed by atoms with van der Waals surface area (Å²) >= 11 is 6.23. The number of sulfone groups is 1. The highest BCUT2D eigenvalue weighted by Crippen LogP contribution is 2.34. The summed E-state index contributed by atoms with van der Waals surface area (Å²) in [5.41, 5.74) is 2.35. The maximum atomic E-state index is 13.2. The fraction of sp³-hybridized carbons (Fsp3) is 0.350. The smallest absolute Gasteiger partial charge is 0.241 e. The Morgan fingerprint density at radius 1 is 1.11 bits per heavy atom. The summed E-state index contributed by atoms with van der Waals surface area (Å²) < 4.78 is 38.0. The number of anilines is 1. The first-order valence-electron chi connectivity index (χ1n) is 9.01.